The molecule has 2 aliphatic rings. The molecule has 1 amide bonds. The van der Waals surface area contributed by atoms with Crippen LogP contribution in [0.1, 0.15) is 6.42 Å². The lowest BCUT2D eigenvalue weighted by Crippen LogP contribution is -2.36. The average Bonchev–Trinajstić information content (AvgIpc) is 3.02. The third-order valence-corrected chi connectivity index (χ3v) is 5.13. The van der Waals surface area contributed by atoms with Crippen LogP contribution in [0.5, 0.6) is 0 Å². The number of benzene rings is 1. The number of carbonyl (C=O) groups excluding carboxylic acids is 1. The van der Waals surface area contributed by atoms with Crippen LogP contribution in [0.15, 0.2) is 30.4 Å². The van der Waals surface area contributed by atoms with Crippen molar-refractivity contribution in [2.24, 2.45) is 23.7 Å². The van der Waals surface area contributed by atoms with Crippen molar-refractivity contribution in [2.45, 2.75) is 6.42 Å². The van der Waals surface area contributed by atoms with Crippen molar-refractivity contribution in [1.82, 2.24) is 0 Å². The molecule has 0 heterocycles. The van der Waals surface area contributed by atoms with Crippen molar-refractivity contribution >= 4 is 40.2 Å². The first-order chi connectivity index (χ1) is 9.97. The highest BCUT2D eigenvalue weighted by molar-refractivity contribution is 14.1. The number of halogens is 2. The van der Waals surface area contributed by atoms with Crippen LogP contribution in [0.25, 0.3) is 0 Å². The number of carboxylic acid groups (broad SMARTS) is 1. The molecule has 4 atom stereocenters. The molecule has 2 unspecified atom stereocenters. The number of nitrogens with one attached hydrogen (secondary N) is 1. The van der Waals surface area contributed by atoms with E-state index in [2.05, 4.69) is 5.32 Å². The van der Waals surface area contributed by atoms with Crippen LogP contribution in [-0.4, -0.2) is 17.0 Å². The molecular weight excluding hydrogens is 388 g/mol. The normalized spacial score (nSPS) is 29.6. The molecule has 1 saturated carbocycles. The highest BCUT2D eigenvalue weighted by Gasteiger charge is 2.51. The summed E-state index contributed by atoms with van der Waals surface area (Å²) in [4.78, 5) is 23.9. The van der Waals surface area contributed by atoms with E-state index >= 15 is 0 Å². The zero-order chi connectivity index (χ0) is 15.1. The fraction of sp³-hybridized carbons (Fsp3) is 0.333. The standard InChI is InChI=1S/C15H13FINO3/c16-9-3-4-11(10(17)6-9)18-14(19)12-7-1-2-8(5-7)13(12)15(20)21/h1-4,6-8,12-13H,5H2,(H,18,19)(H,20,21)/t7?,8?,12-,13+/m0/s1. The van der Waals surface area contributed by atoms with Gasteiger partial charge in [0.15, 0.2) is 0 Å². The summed E-state index contributed by atoms with van der Waals surface area (Å²) in [5.74, 6) is -2.91. The predicted octanol–water partition coefficient (Wildman–Crippen LogP) is 2.89. The summed E-state index contributed by atoms with van der Waals surface area (Å²) in [6.07, 6.45) is 4.55. The number of carboxylic acids is 1. The molecule has 0 spiro atoms. The lowest BCUT2D eigenvalue weighted by atomic mass is 9.82. The molecule has 110 valence electrons. The molecule has 2 aliphatic carbocycles. The van der Waals surface area contributed by atoms with Gasteiger partial charge in [0.2, 0.25) is 5.91 Å². The van der Waals surface area contributed by atoms with Gasteiger partial charge in [0.25, 0.3) is 0 Å². The van der Waals surface area contributed by atoms with Crippen molar-refractivity contribution in [2.75, 3.05) is 5.32 Å². The lowest BCUT2D eigenvalue weighted by Gasteiger charge is -2.24. The first kappa shape index (κ1) is 14.5. The summed E-state index contributed by atoms with van der Waals surface area (Å²) < 4.78 is 13.7. The van der Waals surface area contributed by atoms with Gasteiger partial charge >= 0.3 is 5.97 Å². The van der Waals surface area contributed by atoms with Gasteiger partial charge in [-0.15, -0.1) is 0 Å². The molecule has 0 radical (unpaired) electrons. The average molecular weight is 401 g/mol. The number of allylic oxidation sites excluding steroid dienone is 2. The molecule has 1 aromatic rings. The Balaban J connectivity index is 1.82. The van der Waals surface area contributed by atoms with Gasteiger partial charge in [0.1, 0.15) is 5.82 Å². The minimum absolute atomic E-state index is 0.0193. The number of fused-ring (bicyclic) bond motifs is 2. The van der Waals surface area contributed by atoms with Crippen molar-refractivity contribution in [3.05, 3.63) is 39.7 Å². The third kappa shape index (κ3) is 2.56. The van der Waals surface area contributed by atoms with E-state index in [4.69, 9.17) is 0 Å². The minimum atomic E-state index is -0.930. The quantitative estimate of drug-likeness (QED) is 0.605. The molecule has 1 aromatic carbocycles. The van der Waals surface area contributed by atoms with E-state index in [1.807, 2.05) is 34.7 Å². The van der Waals surface area contributed by atoms with Gasteiger partial charge < -0.3 is 10.4 Å². The smallest absolute Gasteiger partial charge is 0.307 e. The fourth-order valence-electron chi connectivity index (χ4n) is 3.32. The van der Waals surface area contributed by atoms with E-state index in [0.717, 1.165) is 6.42 Å². The van der Waals surface area contributed by atoms with Crippen molar-refractivity contribution in [3.63, 3.8) is 0 Å². The van der Waals surface area contributed by atoms with Gasteiger partial charge in [-0.2, -0.15) is 0 Å². The molecule has 6 heteroatoms. The highest BCUT2D eigenvalue weighted by Crippen LogP contribution is 2.48. The molecular formula is C15H13FINO3. The van der Waals surface area contributed by atoms with E-state index in [-0.39, 0.29) is 23.6 Å². The van der Waals surface area contributed by atoms with Gasteiger partial charge in [0, 0.05) is 3.57 Å². The maximum Gasteiger partial charge on any atom is 0.307 e. The van der Waals surface area contributed by atoms with Crippen molar-refractivity contribution in [1.29, 1.82) is 0 Å². The summed E-state index contributed by atoms with van der Waals surface area (Å²) in [7, 11) is 0. The van der Waals surface area contributed by atoms with Crippen LogP contribution >= 0.6 is 22.6 Å². The second-order valence-corrected chi connectivity index (χ2v) is 6.61. The van der Waals surface area contributed by atoms with Gasteiger partial charge in [-0.25, -0.2) is 4.39 Å². The minimum Gasteiger partial charge on any atom is -0.481 e. The fourth-order valence-corrected chi connectivity index (χ4v) is 3.94. The Bertz CT molecular complexity index is 646. The van der Waals surface area contributed by atoms with Crippen molar-refractivity contribution < 1.29 is 19.1 Å². The summed E-state index contributed by atoms with van der Waals surface area (Å²) in [6.45, 7) is 0. The SMILES string of the molecule is O=C(O)[C@@H]1C2C=CC(C2)[C@@H]1C(=O)Nc1ccc(F)cc1I. The van der Waals surface area contributed by atoms with Crippen LogP contribution < -0.4 is 5.32 Å². The number of carbonyl (C=O) groups is 2. The third-order valence-electron chi connectivity index (χ3n) is 4.24. The maximum absolute atomic E-state index is 13.1. The Morgan fingerprint density at radius 3 is 2.52 bits per heavy atom. The van der Waals surface area contributed by atoms with E-state index in [9.17, 15) is 19.1 Å². The molecule has 0 aliphatic heterocycles. The molecule has 4 nitrogen and oxygen atoms in total. The molecule has 3 rings (SSSR count). The van der Waals surface area contributed by atoms with Crippen LogP contribution in [-0.2, 0) is 9.59 Å². The molecule has 0 saturated heterocycles. The number of anilines is 1. The Kier molecular flexibility index (Phi) is 3.73. The monoisotopic (exact) mass is 401 g/mol. The second kappa shape index (κ2) is 5.40. The zero-order valence-electron chi connectivity index (χ0n) is 10.9. The first-order valence-electron chi connectivity index (χ1n) is 6.64. The Morgan fingerprint density at radius 2 is 1.90 bits per heavy atom. The van der Waals surface area contributed by atoms with Gasteiger partial charge in [-0.05, 0) is 59.0 Å². The van der Waals surface area contributed by atoms with Gasteiger partial charge in [-0.1, -0.05) is 12.2 Å². The summed E-state index contributed by atoms with van der Waals surface area (Å²) in [6, 6.07) is 4.09. The van der Waals surface area contributed by atoms with E-state index < -0.39 is 17.8 Å². The highest BCUT2D eigenvalue weighted by atomic mass is 127. The van der Waals surface area contributed by atoms with Crippen LogP contribution in [0.4, 0.5) is 10.1 Å². The molecule has 0 aromatic heterocycles. The molecule has 1 fully saturated rings. The zero-order valence-corrected chi connectivity index (χ0v) is 13.1. The van der Waals surface area contributed by atoms with Gasteiger partial charge in [0.05, 0.1) is 17.5 Å². The van der Waals surface area contributed by atoms with E-state index in [1.165, 1.54) is 18.2 Å². The maximum atomic E-state index is 13.1. The number of aliphatic carboxylic acids is 1. The second-order valence-electron chi connectivity index (χ2n) is 5.45. The summed E-state index contributed by atoms with van der Waals surface area (Å²) in [5, 5.41) is 12.1. The van der Waals surface area contributed by atoms with Crippen LogP contribution in [0, 0.1) is 33.1 Å². The summed E-state index contributed by atoms with van der Waals surface area (Å²) in [5.41, 5.74) is 0.512. The topological polar surface area (TPSA) is 66.4 Å². The predicted molar refractivity (Wildman–Crippen MR) is 83.1 cm³/mol. The molecule has 2 N–H and O–H groups in total. The first-order valence-corrected chi connectivity index (χ1v) is 7.72. The number of hydrogen-bond acceptors (Lipinski definition) is 2. The lowest BCUT2D eigenvalue weighted by molar-refractivity contribution is -0.146. The number of rotatable bonds is 3. The summed E-state index contributed by atoms with van der Waals surface area (Å²) >= 11 is 1.94. The van der Waals surface area contributed by atoms with Crippen LogP contribution in [0.2, 0.25) is 0 Å². The van der Waals surface area contributed by atoms with Crippen LogP contribution in [0.3, 0.4) is 0 Å². The Hall–Kier alpha value is -1.44. The number of amides is 1. The van der Waals surface area contributed by atoms with Crippen molar-refractivity contribution in [3.8, 4) is 0 Å². The Morgan fingerprint density at radius 1 is 1.24 bits per heavy atom. The van der Waals surface area contributed by atoms with Gasteiger partial charge in [-0.3, -0.25) is 9.59 Å². The largest absolute Gasteiger partial charge is 0.481 e. The number of hydrogen-bond donors (Lipinski definition) is 2. The molecule has 21 heavy (non-hydrogen) atoms. The Labute approximate surface area is 134 Å². The van der Waals surface area contributed by atoms with E-state index in [0.29, 0.717) is 9.26 Å². The van der Waals surface area contributed by atoms with E-state index in [1.54, 1.807) is 0 Å². The molecule has 2 bridgehead atoms.